The molecular formula is C8H8F2N4. The van der Waals surface area contributed by atoms with Gasteiger partial charge in [-0.05, 0) is 0 Å². The smallest absolute Gasteiger partial charge is 0.267 e. The van der Waals surface area contributed by atoms with Crippen LogP contribution in [0, 0.1) is 11.3 Å². The van der Waals surface area contributed by atoms with E-state index in [0.717, 1.165) is 6.20 Å². The van der Waals surface area contributed by atoms with Crippen LogP contribution in [0.3, 0.4) is 0 Å². The predicted octanol–water partition coefficient (Wildman–Crippen LogP) is 0.932. The molecule has 0 fully saturated rings. The minimum absolute atomic E-state index is 0.00532. The summed E-state index contributed by atoms with van der Waals surface area (Å²) in [6.07, 6.45) is -1.63. The Morgan fingerprint density at radius 1 is 1.57 bits per heavy atom. The van der Waals surface area contributed by atoms with Gasteiger partial charge in [-0.1, -0.05) is 0 Å². The van der Waals surface area contributed by atoms with Crippen LogP contribution >= 0.6 is 0 Å². The number of pyridine rings is 1. The third-order valence-electron chi connectivity index (χ3n) is 1.75. The van der Waals surface area contributed by atoms with Crippen molar-refractivity contribution >= 4 is 5.69 Å². The number of nitrogen functional groups attached to an aromatic ring is 1. The zero-order valence-corrected chi connectivity index (χ0v) is 7.17. The van der Waals surface area contributed by atoms with Gasteiger partial charge in [0.1, 0.15) is 6.07 Å². The monoisotopic (exact) mass is 198 g/mol. The number of nitriles is 1. The Morgan fingerprint density at radius 2 is 2.21 bits per heavy atom. The maximum absolute atomic E-state index is 12.5. The van der Waals surface area contributed by atoms with Crippen molar-refractivity contribution in [1.29, 1.82) is 5.26 Å². The van der Waals surface area contributed by atoms with E-state index in [-0.39, 0.29) is 23.5 Å². The first-order valence-electron chi connectivity index (χ1n) is 3.77. The topological polar surface area (TPSA) is 88.7 Å². The quantitative estimate of drug-likeness (QED) is 0.739. The highest BCUT2D eigenvalue weighted by Gasteiger charge is 2.20. The molecule has 6 heteroatoms. The summed E-state index contributed by atoms with van der Waals surface area (Å²) < 4.78 is 25.1. The Bertz CT molecular complexity index is 384. The van der Waals surface area contributed by atoms with E-state index in [2.05, 4.69) is 4.98 Å². The zero-order valence-electron chi connectivity index (χ0n) is 7.17. The number of rotatable bonds is 2. The molecular weight excluding hydrogens is 190 g/mol. The molecule has 4 N–H and O–H groups in total. The zero-order chi connectivity index (χ0) is 10.7. The van der Waals surface area contributed by atoms with Crippen LogP contribution in [-0.2, 0) is 6.54 Å². The Balaban J connectivity index is 3.46. The molecule has 0 aliphatic carbocycles. The fourth-order valence-electron chi connectivity index (χ4n) is 1.10. The second-order valence-electron chi connectivity index (χ2n) is 2.57. The molecule has 4 nitrogen and oxygen atoms in total. The number of nitrogens with zero attached hydrogens (tertiary/aromatic N) is 2. The fourth-order valence-corrected chi connectivity index (χ4v) is 1.10. The molecule has 0 atom stereocenters. The average molecular weight is 198 g/mol. The molecule has 1 rings (SSSR count). The molecule has 0 saturated heterocycles. The molecule has 1 heterocycles. The number of nitrogens with two attached hydrogens (primary N) is 2. The third-order valence-corrected chi connectivity index (χ3v) is 1.75. The van der Waals surface area contributed by atoms with Crippen molar-refractivity contribution in [1.82, 2.24) is 4.98 Å². The Morgan fingerprint density at radius 3 is 2.64 bits per heavy atom. The molecule has 0 saturated carbocycles. The minimum Gasteiger partial charge on any atom is -0.396 e. The first kappa shape index (κ1) is 10.3. The molecule has 0 aliphatic heterocycles. The molecule has 0 aromatic carbocycles. The normalized spacial score (nSPS) is 10.2. The summed E-state index contributed by atoms with van der Waals surface area (Å²) in [7, 11) is 0. The van der Waals surface area contributed by atoms with Gasteiger partial charge >= 0.3 is 0 Å². The summed E-state index contributed by atoms with van der Waals surface area (Å²) in [5.74, 6) is 0. The lowest BCUT2D eigenvalue weighted by atomic mass is 10.1. The van der Waals surface area contributed by atoms with Crippen LogP contribution < -0.4 is 11.5 Å². The molecule has 0 amide bonds. The summed E-state index contributed by atoms with van der Waals surface area (Å²) in [5, 5.41) is 8.64. The van der Waals surface area contributed by atoms with Gasteiger partial charge in [0.2, 0.25) is 0 Å². The van der Waals surface area contributed by atoms with Crippen molar-refractivity contribution in [2.75, 3.05) is 5.73 Å². The van der Waals surface area contributed by atoms with Crippen molar-refractivity contribution in [3.8, 4) is 6.07 Å². The number of aromatic nitrogens is 1. The number of anilines is 1. The molecule has 0 spiro atoms. The Hall–Kier alpha value is -1.74. The van der Waals surface area contributed by atoms with E-state index in [1.807, 2.05) is 0 Å². The summed E-state index contributed by atoms with van der Waals surface area (Å²) >= 11 is 0. The van der Waals surface area contributed by atoms with E-state index in [1.54, 1.807) is 6.07 Å². The second-order valence-corrected chi connectivity index (χ2v) is 2.57. The van der Waals surface area contributed by atoms with E-state index in [0.29, 0.717) is 0 Å². The first-order chi connectivity index (χ1) is 6.61. The second kappa shape index (κ2) is 3.98. The van der Waals surface area contributed by atoms with E-state index < -0.39 is 12.0 Å². The van der Waals surface area contributed by atoms with Gasteiger partial charge in [-0.25, -0.2) is 8.78 Å². The van der Waals surface area contributed by atoms with Gasteiger partial charge in [-0.15, -0.1) is 0 Å². The van der Waals surface area contributed by atoms with Crippen molar-refractivity contribution in [3.05, 3.63) is 23.0 Å². The fraction of sp³-hybridized carbons (Fsp3) is 0.250. The molecule has 74 valence electrons. The van der Waals surface area contributed by atoms with Crippen LogP contribution in [0.1, 0.15) is 23.2 Å². The maximum Gasteiger partial charge on any atom is 0.267 e. The summed E-state index contributed by atoms with van der Waals surface area (Å²) in [4.78, 5) is 3.65. The standard InChI is InChI=1S/C8H8F2N4/c9-8(10)7-4(1-11)5(13)3-14-6(7)2-12/h3,8H,2,12-13H2. The van der Waals surface area contributed by atoms with Gasteiger partial charge < -0.3 is 11.5 Å². The number of hydrogen-bond donors (Lipinski definition) is 2. The van der Waals surface area contributed by atoms with Crippen LogP contribution in [0.25, 0.3) is 0 Å². The van der Waals surface area contributed by atoms with Gasteiger partial charge in [0.15, 0.2) is 0 Å². The summed E-state index contributed by atoms with van der Waals surface area (Å²) in [5.41, 5.74) is 9.80. The molecule has 0 radical (unpaired) electrons. The third kappa shape index (κ3) is 1.63. The lowest BCUT2D eigenvalue weighted by Crippen LogP contribution is -2.09. The molecule has 0 aliphatic rings. The van der Waals surface area contributed by atoms with Crippen LogP contribution in [0.15, 0.2) is 6.20 Å². The SMILES string of the molecule is N#Cc1c(N)cnc(CN)c1C(F)F. The molecule has 14 heavy (non-hydrogen) atoms. The van der Waals surface area contributed by atoms with E-state index in [9.17, 15) is 8.78 Å². The van der Waals surface area contributed by atoms with E-state index >= 15 is 0 Å². The van der Waals surface area contributed by atoms with Crippen molar-refractivity contribution in [3.63, 3.8) is 0 Å². The van der Waals surface area contributed by atoms with Crippen LogP contribution in [0.5, 0.6) is 0 Å². The highest BCUT2D eigenvalue weighted by atomic mass is 19.3. The van der Waals surface area contributed by atoms with Crippen molar-refractivity contribution in [2.24, 2.45) is 5.73 Å². The first-order valence-corrected chi connectivity index (χ1v) is 3.77. The average Bonchev–Trinajstić information content (AvgIpc) is 2.17. The minimum atomic E-state index is -2.79. The van der Waals surface area contributed by atoms with Crippen LogP contribution in [0.4, 0.5) is 14.5 Å². The summed E-state index contributed by atoms with van der Waals surface area (Å²) in [6, 6.07) is 1.62. The van der Waals surface area contributed by atoms with Crippen molar-refractivity contribution < 1.29 is 8.78 Å². The van der Waals surface area contributed by atoms with Crippen LogP contribution in [-0.4, -0.2) is 4.98 Å². The molecule has 1 aromatic rings. The van der Waals surface area contributed by atoms with Gasteiger partial charge in [-0.3, -0.25) is 4.98 Å². The summed E-state index contributed by atoms with van der Waals surface area (Å²) in [6.45, 7) is -0.144. The van der Waals surface area contributed by atoms with Gasteiger partial charge in [0.25, 0.3) is 6.43 Å². The largest absolute Gasteiger partial charge is 0.396 e. The number of halogens is 2. The Kier molecular flexibility index (Phi) is 2.94. The van der Waals surface area contributed by atoms with Gasteiger partial charge in [0.05, 0.1) is 28.7 Å². The van der Waals surface area contributed by atoms with E-state index in [1.165, 1.54) is 0 Å². The molecule has 0 bridgehead atoms. The highest BCUT2D eigenvalue weighted by molar-refractivity contribution is 5.58. The molecule has 0 unspecified atom stereocenters. The number of alkyl halides is 2. The van der Waals surface area contributed by atoms with Gasteiger partial charge in [0, 0.05) is 6.54 Å². The lowest BCUT2D eigenvalue weighted by Gasteiger charge is -2.09. The van der Waals surface area contributed by atoms with Crippen molar-refractivity contribution in [2.45, 2.75) is 13.0 Å². The predicted molar refractivity (Wildman–Crippen MR) is 46.2 cm³/mol. The van der Waals surface area contributed by atoms with Crippen LogP contribution in [0.2, 0.25) is 0 Å². The lowest BCUT2D eigenvalue weighted by molar-refractivity contribution is 0.149. The Labute approximate surface area is 79.1 Å². The highest BCUT2D eigenvalue weighted by Crippen LogP contribution is 2.28. The number of hydrogen-bond acceptors (Lipinski definition) is 4. The van der Waals surface area contributed by atoms with E-state index in [4.69, 9.17) is 16.7 Å². The molecule has 1 aromatic heterocycles. The van der Waals surface area contributed by atoms with Gasteiger partial charge in [-0.2, -0.15) is 5.26 Å². The maximum atomic E-state index is 12.5.